The van der Waals surface area contributed by atoms with Gasteiger partial charge in [-0.2, -0.15) is 5.10 Å². The Labute approximate surface area is 198 Å². The number of aliphatic hydroxyl groups is 1. The molecule has 1 aliphatic rings. The fourth-order valence-corrected chi connectivity index (χ4v) is 4.96. The van der Waals surface area contributed by atoms with Gasteiger partial charge in [0.15, 0.2) is 0 Å². The van der Waals surface area contributed by atoms with Gasteiger partial charge in [0.25, 0.3) is 5.91 Å². The van der Waals surface area contributed by atoms with Gasteiger partial charge in [-0.3, -0.25) is 9.48 Å². The molecule has 0 saturated heterocycles. The number of hydrogen-bond donors (Lipinski definition) is 2. The van der Waals surface area contributed by atoms with Crippen LogP contribution in [0.1, 0.15) is 74.8 Å². The number of anilines is 1. The topological polar surface area (TPSA) is 67.2 Å². The monoisotopic (exact) mass is 473 g/mol. The van der Waals surface area contributed by atoms with E-state index in [4.69, 9.17) is 28.3 Å². The van der Waals surface area contributed by atoms with E-state index >= 15 is 0 Å². The van der Waals surface area contributed by atoms with Gasteiger partial charge in [-0.1, -0.05) is 42.6 Å². The predicted molar refractivity (Wildman–Crippen MR) is 131 cm³/mol. The first-order valence-corrected chi connectivity index (χ1v) is 11.9. The van der Waals surface area contributed by atoms with Crippen molar-refractivity contribution < 1.29 is 9.90 Å². The molecule has 3 aromatic rings. The van der Waals surface area contributed by atoms with E-state index < -0.39 is 5.60 Å². The molecule has 0 unspecified atom stereocenters. The lowest BCUT2D eigenvalue weighted by Gasteiger charge is -2.27. The molecule has 0 atom stereocenters. The van der Waals surface area contributed by atoms with E-state index in [9.17, 15) is 9.90 Å². The van der Waals surface area contributed by atoms with Gasteiger partial charge in [0, 0.05) is 22.8 Å². The van der Waals surface area contributed by atoms with Crippen molar-refractivity contribution in [3.8, 4) is 0 Å². The van der Waals surface area contributed by atoms with Crippen molar-refractivity contribution in [2.75, 3.05) is 5.32 Å². The third-order valence-electron chi connectivity index (χ3n) is 6.53. The molecule has 4 rings (SSSR count). The molecule has 0 radical (unpaired) electrons. The average Bonchev–Trinajstić information content (AvgIpc) is 3.17. The third-order valence-corrected chi connectivity index (χ3v) is 7.35. The van der Waals surface area contributed by atoms with Gasteiger partial charge in [-0.15, -0.1) is 0 Å². The van der Waals surface area contributed by atoms with Crippen LogP contribution >= 0.6 is 23.2 Å². The highest BCUT2D eigenvalue weighted by Crippen LogP contribution is 2.36. The van der Waals surface area contributed by atoms with E-state index in [2.05, 4.69) is 16.9 Å². The second-order valence-corrected chi connectivity index (χ2v) is 10.0. The summed E-state index contributed by atoms with van der Waals surface area (Å²) in [6.45, 7) is 5.65. The standard InChI is InChI=1S/C25H29Cl2N3O2/c1-4-15-8-10-17(11-9-15)30-14-16-12-22(19(25(2,3)32)13-21(16)29-30)28-24(31)18-6-5-7-20(26)23(18)27/h5-7,12-15,17,32H,4,8-11H2,1-3H3,(H,28,31)/t15-,17-. The predicted octanol–water partition coefficient (Wildman–Crippen LogP) is 6.96. The summed E-state index contributed by atoms with van der Waals surface area (Å²) in [4.78, 5) is 13.0. The molecule has 0 bridgehead atoms. The molecule has 1 amide bonds. The number of carbonyl (C=O) groups excluding carboxylic acids is 1. The number of nitrogens with zero attached hydrogens (tertiary/aromatic N) is 2. The molecule has 0 aliphatic heterocycles. The number of aromatic nitrogens is 2. The maximum Gasteiger partial charge on any atom is 0.257 e. The zero-order valence-corrected chi connectivity index (χ0v) is 20.2. The fourth-order valence-electron chi connectivity index (χ4n) is 4.57. The van der Waals surface area contributed by atoms with Crippen LogP contribution in [-0.2, 0) is 5.60 Å². The summed E-state index contributed by atoms with van der Waals surface area (Å²) in [5, 5.41) is 20.0. The van der Waals surface area contributed by atoms with Crippen molar-refractivity contribution in [2.24, 2.45) is 5.92 Å². The second-order valence-electron chi connectivity index (χ2n) is 9.26. The SMILES string of the molecule is CC[C@H]1CC[C@H](n2cc3cc(NC(=O)c4cccc(Cl)c4Cl)c(C(C)(C)O)cc3n2)CC1. The van der Waals surface area contributed by atoms with E-state index in [1.807, 2.05) is 18.3 Å². The molecule has 1 saturated carbocycles. The Morgan fingerprint density at radius 3 is 2.59 bits per heavy atom. The Kier molecular flexibility index (Phi) is 6.53. The highest BCUT2D eigenvalue weighted by Gasteiger charge is 2.26. The van der Waals surface area contributed by atoms with Crippen LogP contribution < -0.4 is 5.32 Å². The van der Waals surface area contributed by atoms with Gasteiger partial charge in [-0.25, -0.2) is 0 Å². The van der Waals surface area contributed by atoms with Gasteiger partial charge >= 0.3 is 0 Å². The van der Waals surface area contributed by atoms with Gasteiger partial charge in [0.2, 0.25) is 0 Å². The van der Waals surface area contributed by atoms with Crippen LogP contribution in [0.25, 0.3) is 10.9 Å². The normalized spacial score (nSPS) is 19.3. The summed E-state index contributed by atoms with van der Waals surface area (Å²) >= 11 is 12.3. The van der Waals surface area contributed by atoms with Crippen LogP contribution in [0, 0.1) is 5.92 Å². The number of nitrogens with one attached hydrogen (secondary N) is 1. The molecule has 1 fully saturated rings. The Hall–Kier alpha value is -2.08. The minimum absolute atomic E-state index is 0.202. The first-order chi connectivity index (χ1) is 15.2. The smallest absolute Gasteiger partial charge is 0.257 e. The maximum absolute atomic E-state index is 13.0. The van der Waals surface area contributed by atoms with E-state index in [-0.39, 0.29) is 16.5 Å². The third kappa shape index (κ3) is 4.66. The highest BCUT2D eigenvalue weighted by molar-refractivity contribution is 6.44. The Morgan fingerprint density at radius 1 is 1.22 bits per heavy atom. The summed E-state index contributed by atoms with van der Waals surface area (Å²) in [6, 6.07) is 9.06. The Bertz CT molecular complexity index is 1140. The van der Waals surface area contributed by atoms with Crippen molar-refractivity contribution in [3.63, 3.8) is 0 Å². The second kappa shape index (κ2) is 9.05. The van der Waals surface area contributed by atoms with Gasteiger partial charge in [0.05, 0.1) is 32.8 Å². The van der Waals surface area contributed by atoms with Gasteiger partial charge in [0.1, 0.15) is 0 Å². The molecule has 0 spiro atoms. The first-order valence-electron chi connectivity index (χ1n) is 11.2. The Morgan fingerprint density at radius 2 is 1.94 bits per heavy atom. The summed E-state index contributed by atoms with van der Waals surface area (Å²) in [5.41, 5.74) is 1.04. The summed E-state index contributed by atoms with van der Waals surface area (Å²) in [6.07, 6.45) is 8.00. The minimum atomic E-state index is -1.17. The molecular weight excluding hydrogens is 445 g/mol. The van der Waals surface area contributed by atoms with Crippen LogP contribution in [-0.4, -0.2) is 20.8 Å². The van der Waals surface area contributed by atoms with Gasteiger partial charge in [-0.05, 0) is 69.7 Å². The van der Waals surface area contributed by atoms with E-state index in [1.54, 1.807) is 32.0 Å². The average molecular weight is 474 g/mol. The van der Waals surface area contributed by atoms with E-state index in [1.165, 1.54) is 19.3 Å². The lowest BCUT2D eigenvalue weighted by Crippen LogP contribution is -2.21. The number of rotatable bonds is 5. The first kappa shape index (κ1) is 23.1. The summed E-state index contributed by atoms with van der Waals surface area (Å²) in [7, 11) is 0. The van der Waals surface area contributed by atoms with Crippen LogP contribution in [0.3, 0.4) is 0 Å². The van der Waals surface area contributed by atoms with Crippen LogP contribution in [0.4, 0.5) is 5.69 Å². The fraction of sp³-hybridized carbons (Fsp3) is 0.440. The highest BCUT2D eigenvalue weighted by atomic mass is 35.5. The maximum atomic E-state index is 13.0. The number of hydrogen-bond acceptors (Lipinski definition) is 3. The van der Waals surface area contributed by atoms with Gasteiger partial charge < -0.3 is 10.4 Å². The zero-order valence-electron chi connectivity index (χ0n) is 18.7. The number of amides is 1. The molecule has 1 aliphatic carbocycles. The molecule has 5 nitrogen and oxygen atoms in total. The van der Waals surface area contributed by atoms with E-state index in [0.29, 0.717) is 22.3 Å². The molecule has 1 heterocycles. The van der Waals surface area contributed by atoms with Crippen molar-refractivity contribution in [1.82, 2.24) is 9.78 Å². The molecule has 2 N–H and O–H groups in total. The molecule has 1 aromatic heterocycles. The number of benzene rings is 2. The van der Waals surface area contributed by atoms with Crippen molar-refractivity contribution in [3.05, 3.63) is 57.7 Å². The van der Waals surface area contributed by atoms with Crippen LogP contribution in [0.2, 0.25) is 10.0 Å². The van der Waals surface area contributed by atoms with E-state index in [0.717, 1.165) is 29.7 Å². The lowest BCUT2D eigenvalue weighted by molar-refractivity contribution is 0.0794. The van der Waals surface area contributed by atoms with Crippen molar-refractivity contribution in [1.29, 1.82) is 0 Å². The van der Waals surface area contributed by atoms with Crippen molar-refractivity contribution in [2.45, 2.75) is 64.5 Å². The molecule has 170 valence electrons. The number of fused-ring (bicyclic) bond motifs is 1. The quantitative estimate of drug-likeness (QED) is 0.420. The molecule has 7 heteroatoms. The molecular formula is C25H29Cl2N3O2. The van der Waals surface area contributed by atoms with Crippen molar-refractivity contribution >= 4 is 45.7 Å². The number of carbonyl (C=O) groups is 1. The summed E-state index contributed by atoms with van der Waals surface area (Å²) in [5.74, 6) is 0.436. The lowest BCUT2D eigenvalue weighted by atomic mass is 9.85. The minimum Gasteiger partial charge on any atom is -0.386 e. The van der Waals surface area contributed by atoms with Crippen LogP contribution in [0.15, 0.2) is 36.5 Å². The largest absolute Gasteiger partial charge is 0.386 e. The Balaban J connectivity index is 1.68. The molecule has 2 aromatic carbocycles. The summed E-state index contributed by atoms with van der Waals surface area (Å²) < 4.78 is 2.06. The zero-order chi connectivity index (χ0) is 23.0. The number of halogens is 2. The van der Waals surface area contributed by atoms with Crippen LogP contribution in [0.5, 0.6) is 0 Å². The molecule has 32 heavy (non-hydrogen) atoms.